The van der Waals surface area contributed by atoms with Crippen molar-refractivity contribution in [1.29, 1.82) is 0 Å². The molecule has 0 saturated heterocycles. The SMILES string of the molecule is CC1CC(=O)c2c(N)ccc(Cl)c2S1. The number of rotatable bonds is 0. The summed E-state index contributed by atoms with van der Waals surface area (Å²) in [7, 11) is 0. The molecule has 1 heterocycles. The van der Waals surface area contributed by atoms with Crippen molar-refractivity contribution in [3.8, 4) is 0 Å². The predicted molar refractivity (Wildman–Crippen MR) is 60.1 cm³/mol. The lowest BCUT2D eigenvalue weighted by Crippen LogP contribution is -2.16. The van der Waals surface area contributed by atoms with E-state index in [4.69, 9.17) is 17.3 Å². The molecular weight excluding hydrogens is 218 g/mol. The minimum absolute atomic E-state index is 0.103. The van der Waals surface area contributed by atoms with Gasteiger partial charge in [0.1, 0.15) is 0 Å². The summed E-state index contributed by atoms with van der Waals surface area (Å²) in [6, 6.07) is 3.43. The monoisotopic (exact) mass is 227 g/mol. The second-order valence-electron chi connectivity index (χ2n) is 3.40. The molecule has 0 spiro atoms. The topological polar surface area (TPSA) is 43.1 Å². The van der Waals surface area contributed by atoms with Crippen LogP contribution < -0.4 is 5.73 Å². The molecule has 4 heteroatoms. The molecule has 1 unspecified atom stereocenters. The van der Waals surface area contributed by atoms with Crippen molar-refractivity contribution in [3.63, 3.8) is 0 Å². The molecule has 0 bridgehead atoms. The zero-order chi connectivity index (χ0) is 10.3. The van der Waals surface area contributed by atoms with Gasteiger partial charge in [0, 0.05) is 22.3 Å². The largest absolute Gasteiger partial charge is 0.398 e. The van der Waals surface area contributed by atoms with Gasteiger partial charge in [-0.3, -0.25) is 4.79 Å². The van der Waals surface area contributed by atoms with E-state index >= 15 is 0 Å². The lowest BCUT2D eigenvalue weighted by atomic mass is 10.0. The third kappa shape index (κ3) is 1.51. The van der Waals surface area contributed by atoms with E-state index in [2.05, 4.69) is 0 Å². The highest BCUT2D eigenvalue weighted by molar-refractivity contribution is 8.00. The number of benzene rings is 1. The Balaban J connectivity index is 2.63. The summed E-state index contributed by atoms with van der Waals surface area (Å²) in [4.78, 5) is 12.6. The minimum Gasteiger partial charge on any atom is -0.398 e. The van der Waals surface area contributed by atoms with Crippen molar-refractivity contribution >= 4 is 34.8 Å². The maximum Gasteiger partial charge on any atom is 0.167 e. The molecule has 1 aliphatic heterocycles. The van der Waals surface area contributed by atoms with Crippen LogP contribution in [-0.2, 0) is 0 Å². The maximum absolute atomic E-state index is 11.7. The molecule has 2 rings (SSSR count). The van der Waals surface area contributed by atoms with Gasteiger partial charge in [-0.1, -0.05) is 18.5 Å². The van der Waals surface area contributed by atoms with Gasteiger partial charge in [0.15, 0.2) is 5.78 Å². The molecule has 1 atom stereocenters. The molecule has 2 nitrogen and oxygen atoms in total. The fraction of sp³-hybridized carbons (Fsp3) is 0.300. The number of thioether (sulfide) groups is 1. The number of ketones is 1. The van der Waals surface area contributed by atoms with Gasteiger partial charge >= 0.3 is 0 Å². The van der Waals surface area contributed by atoms with Crippen LogP contribution in [0.1, 0.15) is 23.7 Å². The van der Waals surface area contributed by atoms with Crippen LogP contribution in [0, 0.1) is 0 Å². The lowest BCUT2D eigenvalue weighted by molar-refractivity contribution is 0.0979. The van der Waals surface area contributed by atoms with Crippen molar-refractivity contribution in [3.05, 3.63) is 22.7 Å². The van der Waals surface area contributed by atoms with E-state index in [-0.39, 0.29) is 11.0 Å². The van der Waals surface area contributed by atoms with Crippen LogP contribution in [-0.4, -0.2) is 11.0 Å². The predicted octanol–water partition coefficient (Wildman–Crippen LogP) is 2.99. The van der Waals surface area contributed by atoms with Gasteiger partial charge < -0.3 is 5.73 Å². The number of halogens is 1. The smallest absolute Gasteiger partial charge is 0.167 e. The van der Waals surface area contributed by atoms with Crippen LogP contribution in [0.25, 0.3) is 0 Å². The second-order valence-corrected chi connectivity index (χ2v) is 5.25. The average molecular weight is 228 g/mol. The van der Waals surface area contributed by atoms with Crippen LogP contribution in [0.4, 0.5) is 5.69 Å². The first kappa shape index (κ1) is 9.87. The second kappa shape index (κ2) is 3.48. The third-order valence-electron chi connectivity index (χ3n) is 2.21. The molecular formula is C10H10ClNOS. The molecule has 0 radical (unpaired) electrons. The first-order chi connectivity index (χ1) is 6.59. The molecule has 1 aromatic carbocycles. The highest BCUT2D eigenvalue weighted by Crippen LogP contribution is 2.41. The number of nitrogens with two attached hydrogens (primary N) is 1. The van der Waals surface area contributed by atoms with Gasteiger partial charge in [-0.25, -0.2) is 0 Å². The third-order valence-corrected chi connectivity index (χ3v) is 3.87. The van der Waals surface area contributed by atoms with E-state index in [1.807, 2.05) is 6.92 Å². The zero-order valence-corrected chi connectivity index (χ0v) is 9.28. The summed E-state index contributed by atoms with van der Waals surface area (Å²) in [5, 5.41) is 0.911. The first-order valence-electron chi connectivity index (χ1n) is 4.37. The summed E-state index contributed by atoms with van der Waals surface area (Å²) in [5.74, 6) is 0.103. The van der Waals surface area contributed by atoms with Crippen molar-refractivity contribution in [1.82, 2.24) is 0 Å². The van der Waals surface area contributed by atoms with Crippen LogP contribution in [0.15, 0.2) is 17.0 Å². The van der Waals surface area contributed by atoms with Gasteiger partial charge in [-0.15, -0.1) is 11.8 Å². The molecule has 1 aliphatic rings. The normalized spacial score (nSPS) is 20.7. The highest BCUT2D eigenvalue weighted by Gasteiger charge is 2.26. The Morgan fingerprint density at radius 1 is 1.57 bits per heavy atom. The summed E-state index contributed by atoms with van der Waals surface area (Å²) >= 11 is 7.64. The Labute approximate surface area is 91.8 Å². The number of hydrogen-bond acceptors (Lipinski definition) is 3. The van der Waals surface area contributed by atoms with E-state index in [1.165, 1.54) is 0 Å². The van der Waals surface area contributed by atoms with Gasteiger partial charge in [-0.05, 0) is 12.1 Å². The Morgan fingerprint density at radius 2 is 2.29 bits per heavy atom. The van der Waals surface area contributed by atoms with E-state index in [0.29, 0.717) is 22.7 Å². The summed E-state index contributed by atoms with van der Waals surface area (Å²) in [5.41, 5.74) is 6.90. The lowest BCUT2D eigenvalue weighted by Gasteiger charge is -2.21. The van der Waals surface area contributed by atoms with Crippen LogP contribution in [0.3, 0.4) is 0 Å². The number of nitrogen functional groups attached to an aromatic ring is 1. The number of hydrogen-bond donors (Lipinski definition) is 1. The molecule has 0 aromatic heterocycles. The standard InChI is InChI=1S/C10H10ClNOS/c1-5-4-8(13)9-7(12)3-2-6(11)10(9)14-5/h2-3,5H,4,12H2,1H3. The average Bonchev–Trinajstić information content (AvgIpc) is 2.10. The number of Topliss-reactive ketones (excluding diaryl/α,β-unsaturated/α-hetero) is 1. The maximum atomic E-state index is 11.7. The van der Waals surface area contributed by atoms with Crippen molar-refractivity contribution in [2.24, 2.45) is 0 Å². The molecule has 0 saturated carbocycles. The Bertz CT molecular complexity index is 405. The number of anilines is 1. The van der Waals surface area contributed by atoms with Crippen molar-refractivity contribution < 1.29 is 4.79 Å². The summed E-state index contributed by atoms with van der Waals surface area (Å²) < 4.78 is 0. The van der Waals surface area contributed by atoms with Crippen molar-refractivity contribution in [2.75, 3.05) is 5.73 Å². The number of carbonyl (C=O) groups is 1. The fourth-order valence-corrected chi connectivity index (χ4v) is 3.04. The molecule has 0 fully saturated rings. The number of fused-ring (bicyclic) bond motifs is 1. The highest BCUT2D eigenvalue weighted by atomic mass is 35.5. The molecule has 74 valence electrons. The Kier molecular flexibility index (Phi) is 2.45. The molecule has 1 aromatic rings. The summed E-state index contributed by atoms with van der Waals surface area (Å²) in [6.45, 7) is 2.02. The minimum atomic E-state index is 0.103. The fourth-order valence-electron chi connectivity index (χ4n) is 1.58. The van der Waals surface area contributed by atoms with Gasteiger partial charge in [0.05, 0.1) is 10.6 Å². The van der Waals surface area contributed by atoms with Gasteiger partial charge in [-0.2, -0.15) is 0 Å². The van der Waals surface area contributed by atoms with E-state index in [9.17, 15) is 4.79 Å². The quantitative estimate of drug-likeness (QED) is 0.693. The molecule has 14 heavy (non-hydrogen) atoms. The Hall–Kier alpha value is -0.670. The van der Waals surface area contributed by atoms with Crippen molar-refractivity contribution in [2.45, 2.75) is 23.5 Å². The van der Waals surface area contributed by atoms with E-state index in [0.717, 1.165) is 4.90 Å². The van der Waals surface area contributed by atoms with E-state index < -0.39 is 0 Å². The van der Waals surface area contributed by atoms with Crippen LogP contribution >= 0.6 is 23.4 Å². The molecule has 0 amide bonds. The molecule has 0 aliphatic carbocycles. The van der Waals surface area contributed by atoms with Crippen LogP contribution in [0.5, 0.6) is 0 Å². The number of carbonyl (C=O) groups excluding carboxylic acids is 1. The molecule has 2 N–H and O–H groups in total. The first-order valence-corrected chi connectivity index (χ1v) is 5.63. The van der Waals surface area contributed by atoms with Gasteiger partial charge in [0.2, 0.25) is 0 Å². The van der Waals surface area contributed by atoms with Gasteiger partial charge in [0.25, 0.3) is 0 Å². The van der Waals surface area contributed by atoms with E-state index in [1.54, 1.807) is 23.9 Å². The zero-order valence-electron chi connectivity index (χ0n) is 7.71. The Morgan fingerprint density at radius 3 is 3.00 bits per heavy atom. The van der Waals surface area contributed by atoms with Crippen LogP contribution in [0.2, 0.25) is 5.02 Å². The summed E-state index contributed by atoms with van der Waals surface area (Å²) in [6.07, 6.45) is 0.544.